The summed E-state index contributed by atoms with van der Waals surface area (Å²) in [5.74, 6) is -0.960. The normalized spacial score (nSPS) is 23.6. The minimum absolute atomic E-state index is 0.133. The van der Waals surface area contributed by atoms with Gasteiger partial charge in [0.2, 0.25) is 0 Å². The Labute approximate surface area is 122 Å². The second-order valence-electron chi connectivity index (χ2n) is 5.40. The van der Waals surface area contributed by atoms with Crippen LogP contribution in [0.3, 0.4) is 0 Å². The average molecular weight is 296 g/mol. The van der Waals surface area contributed by atoms with E-state index in [1.807, 2.05) is 6.92 Å². The molecule has 1 saturated heterocycles. The van der Waals surface area contributed by atoms with Gasteiger partial charge in [-0.3, -0.25) is 0 Å². The molecule has 3 atom stereocenters. The number of aliphatic hydroxyl groups excluding tert-OH is 1. The number of H-pyrrole nitrogens is 1. The summed E-state index contributed by atoms with van der Waals surface area (Å²) in [6.07, 6.45) is 3.24. The highest BCUT2D eigenvalue weighted by Crippen LogP contribution is 2.17. The number of nitrogens with one attached hydrogen (secondary N) is 2. The lowest BCUT2D eigenvalue weighted by molar-refractivity contribution is -0.139. The molecule has 0 radical (unpaired) electrons. The summed E-state index contributed by atoms with van der Waals surface area (Å²) in [4.78, 5) is 31.4. The number of hydrogen-bond donors (Lipinski definition) is 4. The third kappa shape index (κ3) is 3.94. The van der Waals surface area contributed by atoms with Crippen LogP contribution in [0.1, 0.15) is 19.0 Å². The Morgan fingerprint density at radius 1 is 1.62 bits per heavy atom. The van der Waals surface area contributed by atoms with Crippen molar-refractivity contribution < 1.29 is 19.8 Å². The summed E-state index contributed by atoms with van der Waals surface area (Å²) in [6.45, 7) is 2.67. The summed E-state index contributed by atoms with van der Waals surface area (Å²) in [5.41, 5.74) is 0.634. The summed E-state index contributed by atoms with van der Waals surface area (Å²) >= 11 is 0. The van der Waals surface area contributed by atoms with Gasteiger partial charge in [0.25, 0.3) is 0 Å². The molecule has 1 fully saturated rings. The van der Waals surface area contributed by atoms with Gasteiger partial charge in [-0.15, -0.1) is 0 Å². The third-order valence-electron chi connectivity index (χ3n) is 3.78. The van der Waals surface area contributed by atoms with Gasteiger partial charge in [0.15, 0.2) is 0 Å². The van der Waals surface area contributed by atoms with Gasteiger partial charge in [-0.05, 0) is 12.3 Å². The van der Waals surface area contributed by atoms with Crippen LogP contribution in [-0.4, -0.2) is 62.3 Å². The van der Waals surface area contributed by atoms with Crippen molar-refractivity contribution in [3.63, 3.8) is 0 Å². The molecule has 0 bridgehead atoms. The molecule has 0 spiro atoms. The predicted molar refractivity (Wildman–Crippen MR) is 73.6 cm³/mol. The Morgan fingerprint density at radius 2 is 2.38 bits per heavy atom. The van der Waals surface area contributed by atoms with Crippen molar-refractivity contribution in [2.45, 2.75) is 31.9 Å². The Morgan fingerprint density at radius 3 is 2.95 bits per heavy atom. The number of rotatable bonds is 4. The van der Waals surface area contributed by atoms with E-state index in [1.165, 1.54) is 17.4 Å². The molecule has 21 heavy (non-hydrogen) atoms. The van der Waals surface area contributed by atoms with Crippen molar-refractivity contribution in [2.75, 3.05) is 13.1 Å². The van der Waals surface area contributed by atoms with E-state index in [0.717, 1.165) is 0 Å². The van der Waals surface area contributed by atoms with E-state index in [2.05, 4.69) is 15.3 Å². The Kier molecular flexibility index (Phi) is 4.79. The maximum Gasteiger partial charge on any atom is 0.326 e. The smallest absolute Gasteiger partial charge is 0.326 e. The van der Waals surface area contributed by atoms with Crippen molar-refractivity contribution in [3.8, 4) is 0 Å². The Hall–Kier alpha value is -2.09. The zero-order chi connectivity index (χ0) is 15.4. The van der Waals surface area contributed by atoms with Crippen LogP contribution in [0.5, 0.6) is 0 Å². The third-order valence-corrected chi connectivity index (χ3v) is 3.78. The van der Waals surface area contributed by atoms with Crippen molar-refractivity contribution in [1.82, 2.24) is 20.2 Å². The first kappa shape index (κ1) is 15.3. The van der Waals surface area contributed by atoms with Crippen molar-refractivity contribution in [3.05, 3.63) is 18.2 Å². The monoisotopic (exact) mass is 296 g/mol. The molecule has 2 rings (SSSR count). The molecule has 3 unspecified atom stereocenters. The lowest BCUT2D eigenvalue weighted by Gasteiger charge is -2.34. The number of amides is 2. The molecule has 1 aliphatic heterocycles. The zero-order valence-electron chi connectivity index (χ0n) is 11.8. The Bertz CT molecular complexity index is 490. The summed E-state index contributed by atoms with van der Waals surface area (Å²) in [5, 5.41) is 21.5. The van der Waals surface area contributed by atoms with Gasteiger partial charge in [0, 0.05) is 31.4 Å². The van der Waals surface area contributed by atoms with E-state index in [1.54, 1.807) is 0 Å². The topological polar surface area (TPSA) is 119 Å². The van der Waals surface area contributed by atoms with E-state index in [-0.39, 0.29) is 18.9 Å². The van der Waals surface area contributed by atoms with E-state index >= 15 is 0 Å². The number of likely N-dealkylation sites (tertiary alicyclic amines) is 1. The van der Waals surface area contributed by atoms with Crippen LogP contribution in [-0.2, 0) is 11.2 Å². The first-order valence-corrected chi connectivity index (χ1v) is 6.91. The lowest BCUT2D eigenvalue weighted by atomic mass is 9.96. The summed E-state index contributed by atoms with van der Waals surface area (Å²) in [7, 11) is 0. The van der Waals surface area contributed by atoms with E-state index < -0.39 is 24.1 Å². The quantitative estimate of drug-likeness (QED) is 0.614. The number of imidazole rings is 1. The van der Waals surface area contributed by atoms with Crippen molar-refractivity contribution in [1.29, 1.82) is 0 Å². The standard InChI is InChI=1S/C13H20N4O4/c1-8-2-3-17(6-11(8)18)13(21)16-10(12(19)20)4-9-5-14-7-15-9/h5,7-8,10-11,18H,2-4,6H2,1H3,(H,14,15)(H,16,21)(H,19,20). The molecule has 2 amide bonds. The maximum atomic E-state index is 12.1. The largest absolute Gasteiger partial charge is 0.480 e. The average Bonchev–Trinajstić information content (AvgIpc) is 2.93. The molecule has 1 aromatic rings. The number of aliphatic hydroxyl groups is 1. The van der Waals surface area contributed by atoms with Gasteiger partial charge in [-0.2, -0.15) is 0 Å². The fourth-order valence-electron chi connectivity index (χ4n) is 2.29. The molecular formula is C13H20N4O4. The van der Waals surface area contributed by atoms with Gasteiger partial charge < -0.3 is 25.4 Å². The first-order valence-electron chi connectivity index (χ1n) is 6.91. The van der Waals surface area contributed by atoms with Crippen LogP contribution in [0, 0.1) is 5.92 Å². The molecule has 0 saturated carbocycles. The fraction of sp³-hybridized carbons (Fsp3) is 0.615. The zero-order valence-corrected chi connectivity index (χ0v) is 11.8. The molecule has 1 aliphatic rings. The summed E-state index contributed by atoms with van der Waals surface area (Å²) < 4.78 is 0. The number of carboxylic acids is 1. The number of piperidine rings is 1. The lowest BCUT2D eigenvalue weighted by Crippen LogP contribution is -2.53. The van der Waals surface area contributed by atoms with Crippen LogP contribution in [0.25, 0.3) is 0 Å². The van der Waals surface area contributed by atoms with Crippen LogP contribution >= 0.6 is 0 Å². The first-order chi connectivity index (χ1) is 9.97. The number of β-amino-alcohol motifs (C(OH)–C–C–N with tert-alkyl or cyclic N) is 1. The SMILES string of the molecule is CC1CCN(C(=O)NC(Cc2cnc[nH]2)C(=O)O)CC1O. The number of aromatic amines is 1. The van der Waals surface area contributed by atoms with Crippen molar-refractivity contribution in [2.24, 2.45) is 5.92 Å². The highest BCUT2D eigenvalue weighted by molar-refractivity contribution is 5.82. The van der Waals surface area contributed by atoms with Crippen molar-refractivity contribution >= 4 is 12.0 Å². The maximum absolute atomic E-state index is 12.1. The molecule has 8 heteroatoms. The van der Waals surface area contributed by atoms with Crippen LogP contribution < -0.4 is 5.32 Å². The predicted octanol–water partition coefficient (Wildman–Crippen LogP) is -0.182. The molecule has 8 nitrogen and oxygen atoms in total. The number of carbonyl (C=O) groups excluding carboxylic acids is 1. The minimum Gasteiger partial charge on any atom is -0.480 e. The van der Waals surface area contributed by atoms with Crippen LogP contribution in [0.4, 0.5) is 4.79 Å². The number of hydrogen-bond acceptors (Lipinski definition) is 4. The molecular weight excluding hydrogens is 276 g/mol. The van der Waals surface area contributed by atoms with Gasteiger partial charge in [-0.1, -0.05) is 6.92 Å². The number of carboxylic acid groups (broad SMARTS) is 1. The molecule has 0 aromatic carbocycles. The van der Waals surface area contributed by atoms with Gasteiger partial charge in [0.05, 0.1) is 12.4 Å². The van der Waals surface area contributed by atoms with Gasteiger partial charge in [-0.25, -0.2) is 14.6 Å². The highest BCUT2D eigenvalue weighted by Gasteiger charge is 2.29. The molecule has 2 heterocycles. The number of carbonyl (C=O) groups is 2. The Balaban J connectivity index is 1.93. The summed E-state index contributed by atoms with van der Waals surface area (Å²) in [6, 6.07) is -1.50. The number of urea groups is 1. The van der Waals surface area contributed by atoms with E-state index in [0.29, 0.717) is 18.7 Å². The van der Waals surface area contributed by atoms with Crippen LogP contribution in [0.15, 0.2) is 12.5 Å². The van der Waals surface area contributed by atoms with Gasteiger partial charge >= 0.3 is 12.0 Å². The van der Waals surface area contributed by atoms with Gasteiger partial charge in [0.1, 0.15) is 6.04 Å². The van der Waals surface area contributed by atoms with E-state index in [9.17, 15) is 19.8 Å². The molecule has 4 N–H and O–H groups in total. The van der Waals surface area contributed by atoms with E-state index in [4.69, 9.17) is 0 Å². The number of aliphatic carboxylic acids is 1. The minimum atomic E-state index is -1.11. The molecule has 1 aromatic heterocycles. The number of aromatic nitrogens is 2. The van der Waals surface area contributed by atoms with Crippen LogP contribution in [0.2, 0.25) is 0 Å². The second kappa shape index (κ2) is 6.57. The fourth-order valence-corrected chi connectivity index (χ4v) is 2.29. The molecule has 116 valence electrons. The number of nitrogens with zero attached hydrogens (tertiary/aromatic N) is 2. The highest BCUT2D eigenvalue weighted by atomic mass is 16.4. The second-order valence-corrected chi connectivity index (χ2v) is 5.40. The molecule has 0 aliphatic carbocycles.